The summed E-state index contributed by atoms with van der Waals surface area (Å²) in [5.74, 6) is -0.408. The Morgan fingerprint density at radius 3 is 2.00 bits per heavy atom. The summed E-state index contributed by atoms with van der Waals surface area (Å²) in [5, 5.41) is 8.93. The van der Waals surface area contributed by atoms with Crippen LogP contribution in [0.4, 0.5) is 0 Å². The topological polar surface area (TPSA) is 37.3 Å². The fourth-order valence-corrected chi connectivity index (χ4v) is 2.85. The molecule has 0 aliphatic heterocycles. The summed E-state index contributed by atoms with van der Waals surface area (Å²) in [6.07, 6.45) is 3.37. The first-order chi connectivity index (χ1) is 10.2. The summed E-state index contributed by atoms with van der Waals surface area (Å²) in [5.41, 5.74) is 4.73. The highest BCUT2D eigenvalue weighted by atomic mass is 16.4. The number of aliphatic carboxylic acids is 1. The molecule has 0 aromatic heterocycles. The molecular weight excluding hydrogens is 260 g/mol. The smallest absolute Gasteiger partial charge is 0.306 e. The van der Waals surface area contributed by atoms with Crippen molar-refractivity contribution in [1.29, 1.82) is 0 Å². The number of carboxylic acid groups (broad SMARTS) is 1. The second-order valence-corrected chi connectivity index (χ2v) is 5.65. The van der Waals surface area contributed by atoms with Crippen molar-refractivity contribution in [3.8, 4) is 11.1 Å². The zero-order chi connectivity index (χ0) is 14.8. The van der Waals surface area contributed by atoms with Gasteiger partial charge in [0.1, 0.15) is 0 Å². The third-order valence-corrected chi connectivity index (χ3v) is 4.35. The van der Waals surface area contributed by atoms with E-state index < -0.39 is 5.97 Å². The van der Waals surface area contributed by atoms with Gasteiger partial charge in [0.05, 0.1) is 5.92 Å². The summed E-state index contributed by atoms with van der Waals surface area (Å²) >= 11 is 0. The fourth-order valence-electron chi connectivity index (χ4n) is 2.85. The van der Waals surface area contributed by atoms with Gasteiger partial charge in [0, 0.05) is 0 Å². The maximum Gasteiger partial charge on any atom is 0.306 e. The van der Waals surface area contributed by atoms with E-state index >= 15 is 0 Å². The first kappa shape index (κ1) is 13.6. The lowest BCUT2D eigenvalue weighted by Gasteiger charge is -2.32. The lowest BCUT2D eigenvalue weighted by molar-refractivity contribution is -0.145. The van der Waals surface area contributed by atoms with Crippen LogP contribution >= 0.6 is 0 Å². The highest BCUT2D eigenvalue weighted by molar-refractivity contribution is 5.71. The monoisotopic (exact) mass is 278 g/mol. The molecule has 0 atom stereocenters. The molecule has 0 unspecified atom stereocenters. The molecule has 0 heterocycles. The Morgan fingerprint density at radius 1 is 1.00 bits per heavy atom. The molecule has 1 aliphatic rings. The van der Waals surface area contributed by atoms with Crippen molar-refractivity contribution >= 4 is 12.0 Å². The van der Waals surface area contributed by atoms with Crippen LogP contribution in [0, 0.1) is 5.92 Å². The van der Waals surface area contributed by atoms with E-state index in [4.69, 9.17) is 5.11 Å². The molecule has 2 aromatic rings. The average Bonchev–Trinajstić information content (AvgIpc) is 2.46. The molecule has 1 N–H and O–H groups in total. The van der Waals surface area contributed by atoms with Crippen molar-refractivity contribution in [2.75, 3.05) is 0 Å². The average molecular weight is 278 g/mol. The van der Waals surface area contributed by atoms with Crippen molar-refractivity contribution in [2.24, 2.45) is 5.92 Å². The Labute approximate surface area is 124 Å². The van der Waals surface area contributed by atoms with Crippen LogP contribution in [0.5, 0.6) is 0 Å². The normalized spacial score (nSPS) is 20.6. The number of rotatable bonds is 4. The van der Waals surface area contributed by atoms with Gasteiger partial charge in [-0.15, -0.1) is 0 Å². The molecule has 21 heavy (non-hydrogen) atoms. The van der Waals surface area contributed by atoms with Crippen LogP contribution < -0.4 is 0 Å². The van der Waals surface area contributed by atoms with Crippen LogP contribution in [-0.4, -0.2) is 11.1 Å². The van der Waals surface area contributed by atoms with Crippen LogP contribution in [0.3, 0.4) is 0 Å². The van der Waals surface area contributed by atoms with E-state index in [1.54, 1.807) is 0 Å². The number of hydrogen-bond donors (Lipinski definition) is 1. The third kappa shape index (κ3) is 2.75. The summed E-state index contributed by atoms with van der Waals surface area (Å²) in [6, 6.07) is 16.8. The van der Waals surface area contributed by atoms with Gasteiger partial charge in [0.15, 0.2) is 0 Å². The molecule has 2 heteroatoms. The quantitative estimate of drug-likeness (QED) is 0.889. The lowest BCUT2D eigenvalue weighted by atomic mass is 9.71. The largest absolute Gasteiger partial charge is 0.481 e. The van der Waals surface area contributed by atoms with E-state index in [0.29, 0.717) is 5.92 Å². The highest BCUT2D eigenvalue weighted by Crippen LogP contribution is 2.42. The Kier molecular flexibility index (Phi) is 3.61. The minimum Gasteiger partial charge on any atom is -0.481 e. The van der Waals surface area contributed by atoms with Crippen molar-refractivity contribution in [3.05, 3.63) is 66.2 Å². The van der Waals surface area contributed by atoms with Crippen LogP contribution in [0.2, 0.25) is 0 Å². The number of hydrogen-bond acceptors (Lipinski definition) is 1. The molecule has 2 nitrogen and oxygen atoms in total. The van der Waals surface area contributed by atoms with Crippen molar-refractivity contribution in [1.82, 2.24) is 0 Å². The number of carboxylic acids is 1. The Morgan fingerprint density at radius 2 is 1.52 bits per heavy atom. The van der Waals surface area contributed by atoms with Gasteiger partial charge in [-0.25, -0.2) is 0 Å². The first-order valence-corrected chi connectivity index (χ1v) is 7.23. The molecule has 106 valence electrons. The first-order valence-electron chi connectivity index (χ1n) is 7.23. The molecule has 0 bridgehead atoms. The minimum absolute atomic E-state index is 0.152. The minimum atomic E-state index is -0.662. The van der Waals surface area contributed by atoms with Crippen LogP contribution in [0.15, 0.2) is 55.1 Å². The molecule has 3 rings (SSSR count). The summed E-state index contributed by atoms with van der Waals surface area (Å²) in [7, 11) is 0. The predicted octanol–water partition coefficient (Wildman–Crippen LogP) is 4.57. The van der Waals surface area contributed by atoms with E-state index in [0.717, 1.165) is 18.4 Å². The van der Waals surface area contributed by atoms with Gasteiger partial charge in [0.25, 0.3) is 0 Å². The maximum atomic E-state index is 10.8. The zero-order valence-corrected chi connectivity index (χ0v) is 11.8. The van der Waals surface area contributed by atoms with E-state index in [1.165, 1.54) is 16.7 Å². The second-order valence-electron chi connectivity index (χ2n) is 5.65. The number of carbonyl (C=O) groups is 1. The Balaban J connectivity index is 1.72. The van der Waals surface area contributed by atoms with Crippen molar-refractivity contribution < 1.29 is 9.90 Å². The molecule has 0 amide bonds. The van der Waals surface area contributed by atoms with E-state index in [9.17, 15) is 4.79 Å². The van der Waals surface area contributed by atoms with Gasteiger partial charge in [0.2, 0.25) is 0 Å². The molecule has 1 saturated carbocycles. The van der Waals surface area contributed by atoms with Gasteiger partial charge >= 0.3 is 5.97 Å². The van der Waals surface area contributed by atoms with Crippen LogP contribution in [0.25, 0.3) is 17.2 Å². The fraction of sp³-hybridized carbons (Fsp3) is 0.211. The molecular formula is C19H18O2. The zero-order valence-electron chi connectivity index (χ0n) is 11.8. The van der Waals surface area contributed by atoms with Gasteiger partial charge in [-0.05, 0) is 41.0 Å². The molecule has 1 fully saturated rings. The summed E-state index contributed by atoms with van der Waals surface area (Å²) in [6.45, 7) is 3.76. The Bertz CT molecular complexity index is 647. The SMILES string of the molecule is C=Cc1ccc(-c2ccc(C3CC(C(=O)O)C3)cc2)cc1. The molecule has 0 radical (unpaired) electrons. The molecule has 1 aliphatic carbocycles. The molecule has 0 saturated heterocycles. The van der Waals surface area contributed by atoms with Crippen molar-refractivity contribution in [2.45, 2.75) is 18.8 Å². The second kappa shape index (κ2) is 5.57. The van der Waals surface area contributed by atoms with E-state index in [2.05, 4.69) is 55.1 Å². The Hall–Kier alpha value is -2.35. The van der Waals surface area contributed by atoms with Gasteiger partial charge < -0.3 is 5.11 Å². The number of benzene rings is 2. The summed E-state index contributed by atoms with van der Waals surface area (Å²) in [4.78, 5) is 10.8. The third-order valence-electron chi connectivity index (χ3n) is 4.35. The maximum absolute atomic E-state index is 10.8. The molecule has 2 aromatic carbocycles. The standard InChI is InChI=1S/C19H18O2/c1-2-13-3-5-14(6-4-13)15-7-9-16(10-8-15)17-11-18(12-17)19(20)21/h2-10,17-18H,1,11-12H2,(H,20,21). The van der Waals surface area contributed by atoms with E-state index in [-0.39, 0.29) is 5.92 Å². The van der Waals surface area contributed by atoms with Crippen LogP contribution in [-0.2, 0) is 4.79 Å². The van der Waals surface area contributed by atoms with Crippen molar-refractivity contribution in [3.63, 3.8) is 0 Å². The highest BCUT2D eigenvalue weighted by Gasteiger charge is 2.35. The van der Waals surface area contributed by atoms with Gasteiger partial charge in [-0.3, -0.25) is 4.79 Å². The predicted molar refractivity (Wildman–Crippen MR) is 85.1 cm³/mol. The summed E-state index contributed by atoms with van der Waals surface area (Å²) < 4.78 is 0. The van der Waals surface area contributed by atoms with Gasteiger partial charge in [-0.2, -0.15) is 0 Å². The molecule has 0 spiro atoms. The lowest BCUT2D eigenvalue weighted by Crippen LogP contribution is -2.28. The van der Waals surface area contributed by atoms with Gasteiger partial charge in [-0.1, -0.05) is 61.2 Å². The van der Waals surface area contributed by atoms with Crippen LogP contribution in [0.1, 0.15) is 29.9 Å². The van der Waals surface area contributed by atoms with E-state index in [1.807, 2.05) is 6.08 Å².